The van der Waals surface area contributed by atoms with E-state index in [-0.39, 0.29) is 18.2 Å². The molecule has 0 saturated carbocycles. The molecule has 1 aliphatic heterocycles. The molecule has 1 aliphatic rings. The van der Waals surface area contributed by atoms with Crippen LogP contribution in [0.3, 0.4) is 0 Å². The molecular weight excluding hydrogens is 456 g/mol. The quantitative estimate of drug-likeness (QED) is 0.391. The number of nitrogens with one attached hydrogen (secondary N) is 3. The van der Waals surface area contributed by atoms with Gasteiger partial charge in [0.2, 0.25) is 0 Å². The molecule has 36 heavy (non-hydrogen) atoms. The van der Waals surface area contributed by atoms with Crippen LogP contribution < -0.4 is 16.0 Å². The maximum atomic E-state index is 13.1. The summed E-state index contributed by atoms with van der Waals surface area (Å²) >= 11 is 0. The van der Waals surface area contributed by atoms with Crippen LogP contribution >= 0.6 is 0 Å². The molecule has 0 aromatic heterocycles. The maximum absolute atomic E-state index is 13.1. The van der Waals surface area contributed by atoms with Gasteiger partial charge in [-0.2, -0.15) is 0 Å². The second-order valence-corrected chi connectivity index (χ2v) is 9.29. The van der Waals surface area contributed by atoms with E-state index in [1.54, 1.807) is 43.9 Å². The van der Waals surface area contributed by atoms with Crippen LogP contribution in [0.5, 0.6) is 0 Å². The van der Waals surface area contributed by atoms with Crippen molar-refractivity contribution in [3.63, 3.8) is 0 Å². The Morgan fingerprint density at radius 2 is 1.81 bits per heavy atom. The highest BCUT2D eigenvalue weighted by atomic mass is 16.5. The number of aryl methyl sites for hydroxylation is 1. The molecule has 192 valence electrons. The fourth-order valence-electron chi connectivity index (χ4n) is 4.13. The molecule has 0 spiro atoms. The number of anilines is 2. The monoisotopic (exact) mass is 492 g/mol. The number of nitrogens with zero attached hydrogens (tertiary/aromatic N) is 1. The molecule has 4 amide bonds. The maximum Gasteiger partial charge on any atom is 0.338 e. The Morgan fingerprint density at radius 3 is 2.50 bits per heavy atom. The van der Waals surface area contributed by atoms with Crippen LogP contribution in [-0.4, -0.2) is 35.6 Å². The highest BCUT2D eigenvalue weighted by Crippen LogP contribution is 2.33. The van der Waals surface area contributed by atoms with Gasteiger partial charge in [-0.15, -0.1) is 0 Å². The first kappa shape index (κ1) is 26.8. The number of carbonyl (C=O) groups excluding carboxylic acids is 3. The molecule has 3 rings (SSSR count). The highest BCUT2D eigenvalue weighted by molar-refractivity contribution is 6.00. The summed E-state index contributed by atoms with van der Waals surface area (Å²) in [7, 11) is 0. The summed E-state index contributed by atoms with van der Waals surface area (Å²) in [5.74, 6) is -0.472. The predicted molar refractivity (Wildman–Crippen MR) is 142 cm³/mol. The van der Waals surface area contributed by atoms with Crippen molar-refractivity contribution in [1.29, 1.82) is 0 Å². The average molecular weight is 493 g/mol. The molecule has 8 heteroatoms. The number of benzene rings is 2. The number of hydrogen-bond donors (Lipinski definition) is 3. The number of esters is 1. The fraction of sp³-hybridized carbons (Fsp3) is 0.393. The Labute approximate surface area is 213 Å². The number of amides is 4. The second-order valence-electron chi connectivity index (χ2n) is 9.29. The van der Waals surface area contributed by atoms with Crippen LogP contribution in [0.1, 0.15) is 63.3 Å². The van der Waals surface area contributed by atoms with Gasteiger partial charge in [-0.05, 0) is 75.9 Å². The van der Waals surface area contributed by atoms with Gasteiger partial charge in [0.15, 0.2) is 0 Å². The summed E-state index contributed by atoms with van der Waals surface area (Å²) < 4.78 is 5.53. The molecule has 0 aliphatic carbocycles. The van der Waals surface area contributed by atoms with E-state index in [9.17, 15) is 14.4 Å². The minimum absolute atomic E-state index is 0.266. The standard InChI is InChI=1S/C28H36N4O4/c1-7-8-15-32-20(6)24(26(33)36-17(2)3)25(31-28(32)35)21-12-10-13-22(16-21)29-27(34)30-23-14-9-11-18(4)19(23)5/h9-14,16-17,25H,7-8,15H2,1-6H3,(H,31,35)(H2,29,30,34). The van der Waals surface area contributed by atoms with Gasteiger partial charge in [-0.3, -0.25) is 4.90 Å². The largest absolute Gasteiger partial charge is 0.459 e. The van der Waals surface area contributed by atoms with Crippen LogP contribution in [0.25, 0.3) is 0 Å². The van der Waals surface area contributed by atoms with Crippen LogP contribution in [0, 0.1) is 13.8 Å². The first-order chi connectivity index (χ1) is 17.1. The number of hydrogen-bond acceptors (Lipinski definition) is 4. The third-order valence-corrected chi connectivity index (χ3v) is 6.22. The smallest absolute Gasteiger partial charge is 0.338 e. The Hall–Kier alpha value is -3.81. The molecular formula is C28H36N4O4. The topological polar surface area (TPSA) is 99.8 Å². The molecule has 1 atom stereocenters. The van der Waals surface area contributed by atoms with Gasteiger partial charge in [0.05, 0.1) is 17.7 Å². The van der Waals surface area contributed by atoms with Gasteiger partial charge in [-0.25, -0.2) is 14.4 Å². The van der Waals surface area contributed by atoms with E-state index >= 15 is 0 Å². The zero-order valence-electron chi connectivity index (χ0n) is 21.9. The third-order valence-electron chi connectivity index (χ3n) is 6.22. The second kappa shape index (κ2) is 11.7. The highest BCUT2D eigenvalue weighted by Gasteiger charge is 2.36. The van der Waals surface area contributed by atoms with Crippen molar-refractivity contribution >= 4 is 29.4 Å². The summed E-state index contributed by atoms with van der Waals surface area (Å²) in [6, 6.07) is 11.5. The summed E-state index contributed by atoms with van der Waals surface area (Å²) in [5.41, 5.74) is 4.97. The summed E-state index contributed by atoms with van der Waals surface area (Å²) in [6.07, 6.45) is 1.43. The Bertz CT molecular complexity index is 1170. The van der Waals surface area contributed by atoms with Gasteiger partial charge in [0.25, 0.3) is 0 Å². The molecule has 1 heterocycles. The van der Waals surface area contributed by atoms with E-state index in [2.05, 4.69) is 16.0 Å². The Morgan fingerprint density at radius 1 is 1.08 bits per heavy atom. The molecule has 0 radical (unpaired) electrons. The number of urea groups is 2. The van der Waals surface area contributed by atoms with Gasteiger partial charge in [0, 0.05) is 23.6 Å². The zero-order chi connectivity index (χ0) is 26.4. The number of ether oxygens (including phenoxy) is 1. The molecule has 1 unspecified atom stereocenters. The van der Waals surface area contributed by atoms with Crippen molar-refractivity contribution < 1.29 is 19.1 Å². The number of carbonyl (C=O) groups is 3. The lowest BCUT2D eigenvalue weighted by atomic mass is 9.94. The van der Waals surface area contributed by atoms with Gasteiger partial charge < -0.3 is 20.7 Å². The van der Waals surface area contributed by atoms with E-state index < -0.39 is 12.0 Å². The van der Waals surface area contributed by atoms with Crippen molar-refractivity contribution in [3.05, 3.63) is 70.4 Å². The lowest BCUT2D eigenvalue weighted by Gasteiger charge is -2.35. The SMILES string of the molecule is CCCCN1C(=O)NC(c2cccc(NC(=O)Nc3cccc(C)c3C)c2)C(C(=O)OC(C)C)=C1C. The normalized spacial score (nSPS) is 15.6. The summed E-state index contributed by atoms with van der Waals surface area (Å²) in [6.45, 7) is 11.9. The van der Waals surface area contributed by atoms with Crippen LogP contribution in [0.2, 0.25) is 0 Å². The van der Waals surface area contributed by atoms with Crippen LogP contribution in [-0.2, 0) is 9.53 Å². The Balaban J connectivity index is 1.89. The van der Waals surface area contributed by atoms with E-state index in [1.165, 1.54) is 0 Å². The van der Waals surface area contributed by atoms with Crippen molar-refractivity contribution in [2.45, 2.75) is 66.5 Å². The summed E-state index contributed by atoms with van der Waals surface area (Å²) in [5, 5.41) is 8.68. The zero-order valence-corrected chi connectivity index (χ0v) is 21.9. The first-order valence-electron chi connectivity index (χ1n) is 12.4. The Kier molecular flexibility index (Phi) is 8.74. The van der Waals surface area contributed by atoms with Crippen LogP contribution in [0.15, 0.2) is 53.7 Å². The van der Waals surface area contributed by atoms with Crippen molar-refractivity contribution in [2.24, 2.45) is 0 Å². The molecule has 3 N–H and O–H groups in total. The molecule has 2 aromatic carbocycles. The molecule has 2 aromatic rings. The lowest BCUT2D eigenvalue weighted by Crippen LogP contribution is -2.48. The van der Waals surface area contributed by atoms with Crippen molar-refractivity contribution in [2.75, 3.05) is 17.2 Å². The minimum atomic E-state index is -0.703. The molecule has 0 bridgehead atoms. The number of rotatable bonds is 8. The molecule has 0 fully saturated rings. The van der Waals surface area contributed by atoms with Crippen molar-refractivity contribution in [3.8, 4) is 0 Å². The lowest BCUT2D eigenvalue weighted by molar-refractivity contribution is -0.143. The number of allylic oxidation sites excluding steroid dienone is 1. The van der Waals surface area contributed by atoms with Gasteiger partial charge in [0.1, 0.15) is 0 Å². The fourth-order valence-corrected chi connectivity index (χ4v) is 4.13. The third kappa shape index (κ3) is 6.24. The van der Waals surface area contributed by atoms with Gasteiger partial charge in [-0.1, -0.05) is 37.6 Å². The minimum Gasteiger partial charge on any atom is -0.459 e. The van der Waals surface area contributed by atoms with E-state index in [4.69, 9.17) is 4.74 Å². The molecule has 0 saturated heterocycles. The predicted octanol–water partition coefficient (Wildman–Crippen LogP) is 6.04. The van der Waals surface area contributed by atoms with E-state index in [0.29, 0.717) is 29.1 Å². The summed E-state index contributed by atoms with van der Waals surface area (Å²) in [4.78, 5) is 40.4. The van der Waals surface area contributed by atoms with Crippen molar-refractivity contribution in [1.82, 2.24) is 10.2 Å². The first-order valence-corrected chi connectivity index (χ1v) is 12.4. The average Bonchev–Trinajstić information content (AvgIpc) is 2.81. The van der Waals surface area contributed by atoms with E-state index in [0.717, 1.165) is 29.7 Å². The molecule has 8 nitrogen and oxygen atoms in total. The number of unbranched alkanes of at least 4 members (excludes halogenated alkanes) is 1. The van der Waals surface area contributed by atoms with Gasteiger partial charge >= 0.3 is 18.0 Å². The van der Waals surface area contributed by atoms with Crippen LogP contribution in [0.4, 0.5) is 21.0 Å². The van der Waals surface area contributed by atoms with E-state index in [1.807, 2.05) is 45.0 Å².